The SMILES string of the molecule is CC(=O)N[C@H]1C(ON=[N+]=[N-])O[C@H](CO)[C@@H](O)[C@@H]1O. The summed E-state index contributed by atoms with van der Waals surface area (Å²) in [6.45, 7) is 0.628. The molecule has 0 aliphatic carbocycles. The average Bonchev–Trinajstić information content (AvgIpc) is 2.33. The van der Waals surface area contributed by atoms with Crippen molar-refractivity contribution in [3.8, 4) is 0 Å². The second kappa shape index (κ2) is 6.38. The van der Waals surface area contributed by atoms with Crippen LogP contribution in [0.15, 0.2) is 5.28 Å². The quantitative estimate of drug-likeness (QED) is 0.202. The van der Waals surface area contributed by atoms with Crippen LogP contribution in [-0.2, 0) is 14.4 Å². The Morgan fingerprint density at radius 2 is 2.22 bits per heavy atom. The second-order valence-electron chi connectivity index (χ2n) is 3.71. The molecule has 102 valence electrons. The van der Waals surface area contributed by atoms with Crippen molar-refractivity contribution in [3.05, 3.63) is 10.4 Å². The largest absolute Gasteiger partial charge is 0.400 e. The first kappa shape index (κ1) is 14.5. The van der Waals surface area contributed by atoms with Crippen LogP contribution in [0.5, 0.6) is 0 Å². The fourth-order valence-electron chi connectivity index (χ4n) is 1.63. The summed E-state index contributed by atoms with van der Waals surface area (Å²) in [4.78, 5) is 17.9. The van der Waals surface area contributed by atoms with Gasteiger partial charge in [-0.15, -0.1) is 0 Å². The van der Waals surface area contributed by atoms with Crippen molar-refractivity contribution in [1.82, 2.24) is 5.32 Å². The topological polar surface area (TPSA) is 157 Å². The maximum absolute atomic E-state index is 11.0. The summed E-state index contributed by atoms with van der Waals surface area (Å²) in [7, 11) is 0. The summed E-state index contributed by atoms with van der Waals surface area (Å²) in [5.74, 6) is -0.494. The lowest BCUT2D eigenvalue weighted by atomic mass is 9.97. The number of hydrogen-bond acceptors (Lipinski definition) is 7. The minimum absolute atomic E-state index is 0.494. The second-order valence-corrected chi connectivity index (χ2v) is 3.71. The number of carbonyl (C=O) groups is 1. The highest BCUT2D eigenvalue weighted by Crippen LogP contribution is 2.22. The van der Waals surface area contributed by atoms with Crippen LogP contribution in [0.25, 0.3) is 10.4 Å². The molecule has 5 atom stereocenters. The van der Waals surface area contributed by atoms with Crippen LogP contribution >= 0.6 is 0 Å². The Morgan fingerprint density at radius 1 is 1.56 bits per heavy atom. The van der Waals surface area contributed by atoms with Crippen LogP contribution in [0.1, 0.15) is 6.92 Å². The minimum atomic E-state index is -1.43. The van der Waals surface area contributed by atoms with E-state index >= 15 is 0 Å². The lowest BCUT2D eigenvalue weighted by molar-refractivity contribution is -0.271. The molecular weight excluding hydrogens is 248 g/mol. The summed E-state index contributed by atoms with van der Waals surface area (Å²) in [6.07, 6.45) is -5.25. The first-order chi connectivity index (χ1) is 8.51. The van der Waals surface area contributed by atoms with E-state index in [1.807, 2.05) is 0 Å². The molecule has 1 saturated heterocycles. The molecule has 0 bridgehead atoms. The molecule has 1 aliphatic heterocycles. The molecule has 10 heteroatoms. The van der Waals surface area contributed by atoms with Crippen molar-refractivity contribution < 1.29 is 29.7 Å². The van der Waals surface area contributed by atoms with E-state index in [2.05, 4.69) is 20.3 Å². The first-order valence-corrected chi connectivity index (χ1v) is 5.11. The van der Waals surface area contributed by atoms with E-state index in [4.69, 9.17) is 15.4 Å². The number of rotatable bonds is 4. The summed E-state index contributed by atoms with van der Waals surface area (Å²) in [6, 6.07) is -1.12. The molecule has 4 N–H and O–H groups in total. The zero-order valence-electron chi connectivity index (χ0n) is 9.50. The van der Waals surface area contributed by atoms with Crippen LogP contribution in [0.2, 0.25) is 0 Å². The number of azide groups is 1. The number of carbonyl (C=O) groups excluding carboxylic acids is 1. The molecule has 1 fully saturated rings. The fraction of sp³-hybridized carbons (Fsp3) is 0.875. The van der Waals surface area contributed by atoms with Gasteiger partial charge >= 0.3 is 0 Å². The van der Waals surface area contributed by atoms with E-state index in [-0.39, 0.29) is 0 Å². The Bertz CT molecular complexity index is 346. The molecule has 18 heavy (non-hydrogen) atoms. The Hall–Kier alpha value is -1.58. The highest BCUT2D eigenvalue weighted by atomic mass is 16.8. The Labute approximate surface area is 102 Å². The average molecular weight is 262 g/mol. The Balaban J connectivity index is 2.85. The highest BCUT2D eigenvalue weighted by Gasteiger charge is 2.45. The number of aliphatic hydroxyl groups excluding tert-OH is 3. The van der Waals surface area contributed by atoms with Crippen molar-refractivity contribution in [2.45, 2.75) is 37.6 Å². The minimum Gasteiger partial charge on any atom is -0.400 e. The predicted octanol–water partition coefficient (Wildman–Crippen LogP) is -1.83. The van der Waals surface area contributed by atoms with Gasteiger partial charge in [-0.25, -0.2) is 0 Å². The molecule has 1 heterocycles. The van der Waals surface area contributed by atoms with Gasteiger partial charge in [0.25, 0.3) is 0 Å². The van der Waals surface area contributed by atoms with Gasteiger partial charge in [0, 0.05) is 11.8 Å². The fourth-order valence-corrected chi connectivity index (χ4v) is 1.63. The third-order valence-corrected chi connectivity index (χ3v) is 2.44. The number of ether oxygens (including phenoxy) is 1. The lowest BCUT2D eigenvalue weighted by Crippen LogP contribution is -2.64. The summed E-state index contributed by atoms with van der Waals surface area (Å²) >= 11 is 0. The van der Waals surface area contributed by atoms with Crippen molar-refractivity contribution in [3.63, 3.8) is 0 Å². The van der Waals surface area contributed by atoms with Gasteiger partial charge in [0.05, 0.1) is 6.61 Å². The lowest BCUT2D eigenvalue weighted by Gasteiger charge is -2.40. The molecule has 1 unspecified atom stereocenters. The molecule has 1 rings (SSSR count). The standard InChI is InChI=1S/C8H14N4O6/c1-3(14)10-5-7(16)6(15)4(2-13)17-8(5)18-12-11-9/h4-8,13,15-16H,2H2,1H3,(H,10,14)/t4-,5-,6-,7-,8?/m1/s1. The number of nitrogens with one attached hydrogen (secondary N) is 1. The number of nitrogens with zero attached hydrogens (tertiary/aromatic N) is 3. The molecule has 0 spiro atoms. The molecule has 0 aromatic rings. The smallest absolute Gasteiger partial charge is 0.231 e. The summed E-state index contributed by atoms with van der Waals surface area (Å²) in [5, 5.41) is 33.5. The van der Waals surface area contributed by atoms with Crippen LogP contribution in [0.3, 0.4) is 0 Å². The zero-order chi connectivity index (χ0) is 13.7. The van der Waals surface area contributed by atoms with Crippen molar-refractivity contribution >= 4 is 5.91 Å². The van der Waals surface area contributed by atoms with E-state index in [1.54, 1.807) is 0 Å². The monoisotopic (exact) mass is 262 g/mol. The van der Waals surface area contributed by atoms with Crippen LogP contribution in [0.4, 0.5) is 0 Å². The van der Waals surface area contributed by atoms with Gasteiger partial charge in [0.15, 0.2) is 0 Å². The van der Waals surface area contributed by atoms with Crippen LogP contribution in [0, 0.1) is 0 Å². The van der Waals surface area contributed by atoms with Gasteiger partial charge in [-0.05, 0) is 5.53 Å². The molecule has 0 aromatic carbocycles. The first-order valence-electron chi connectivity index (χ1n) is 5.11. The number of hydrogen-bond donors (Lipinski definition) is 4. The Morgan fingerprint density at radius 3 is 2.72 bits per heavy atom. The van der Waals surface area contributed by atoms with E-state index < -0.39 is 43.2 Å². The van der Waals surface area contributed by atoms with E-state index in [0.29, 0.717) is 0 Å². The van der Waals surface area contributed by atoms with Gasteiger partial charge in [-0.2, -0.15) is 0 Å². The van der Waals surface area contributed by atoms with Crippen molar-refractivity contribution in [2.24, 2.45) is 5.28 Å². The van der Waals surface area contributed by atoms with Gasteiger partial charge in [-0.3, -0.25) is 4.79 Å². The molecule has 0 saturated carbocycles. The van der Waals surface area contributed by atoms with Gasteiger partial charge in [0.2, 0.25) is 12.2 Å². The molecule has 1 aliphatic rings. The van der Waals surface area contributed by atoms with Crippen LogP contribution in [-0.4, -0.2) is 58.5 Å². The Kier molecular flexibility index (Phi) is 5.13. The van der Waals surface area contributed by atoms with Crippen LogP contribution < -0.4 is 5.32 Å². The molecule has 0 aromatic heterocycles. The summed E-state index contributed by atoms with van der Waals surface area (Å²) in [5.41, 5.74) is 8.14. The van der Waals surface area contributed by atoms with Gasteiger partial charge in [-0.1, -0.05) is 0 Å². The maximum Gasteiger partial charge on any atom is 0.231 e. The van der Waals surface area contributed by atoms with E-state index in [0.717, 1.165) is 0 Å². The molecule has 0 radical (unpaired) electrons. The maximum atomic E-state index is 11.0. The summed E-state index contributed by atoms with van der Waals surface area (Å²) < 4.78 is 5.07. The number of aliphatic hydroxyl groups is 3. The number of amides is 1. The normalized spacial score (nSPS) is 35.4. The molecule has 10 nitrogen and oxygen atoms in total. The van der Waals surface area contributed by atoms with Crippen molar-refractivity contribution in [2.75, 3.05) is 6.61 Å². The predicted molar refractivity (Wildman–Crippen MR) is 55.6 cm³/mol. The highest BCUT2D eigenvalue weighted by molar-refractivity contribution is 5.73. The van der Waals surface area contributed by atoms with Gasteiger partial charge < -0.3 is 30.2 Å². The molecular formula is C8H14N4O6. The van der Waals surface area contributed by atoms with Gasteiger partial charge in [0.1, 0.15) is 29.6 Å². The zero-order valence-corrected chi connectivity index (χ0v) is 9.50. The third kappa shape index (κ3) is 3.22. The van der Waals surface area contributed by atoms with E-state index in [1.165, 1.54) is 6.92 Å². The van der Waals surface area contributed by atoms with Crippen molar-refractivity contribution in [1.29, 1.82) is 0 Å². The van der Waals surface area contributed by atoms with E-state index in [9.17, 15) is 15.0 Å². The molecule has 1 amide bonds. The third-order valence-electron chi connectivity index (χ3n) is 2.44.